The van der Waals surface area contributed by atoms with E-state index in [1.807, 2.05) is 0 Å². The molecule has 0 aromatic rings. The van der Waals surface area contributed by atoms with E-state index in [4.69, 9.17) is 4.74 Å². The summed E-state index contributed by atoms with van der Waals surface area (Å²) >= 11 is 0. The molecule has 158 valence electrons. The quantitative estimate of drug-likeness (QED) is 0.212. The maximum atomic E-state index is 10.2. The molecule has 0 aromatic carbocycles. The van der Waals surface area contributed by atoms with E-state index in [1.54, 1.807) is 0 Å². The van der Waals surface area contributed by atoms with Crippen molar-refractivity contribution < 1.29 is 14.3 Å². The first-order chi connectivity index (χ1) is 12.5. The summed E-state index contributed by atoms with van der Waals surface area (Å²) < 4.78 is 6.60. The summed E-state index contributed by atoms with van der Waals surface area (Å²) in [5, 5.41) is 10.2. The largest absolute Gasteiger partial charge is 0.385 e. The Bertz CT molecular complexity index is 281. The van der Waals surface area contributed by atoms with Crippen LogP contribution in [0.2, 0.25) is 0 Å². The van der Waals surface area contributed by atoms with E-state index >= 15 is 0 Å². The van der Waals surface area contributed by atoms with Crippen LogP contribution in [-0.4, -0.2) is 56.1 Å². The molecule has 0 fully saturated rings. The highest BCUT2D eigenvalue weighted by Gasteiger charge is 2.20. The summed E-state index contributed by atoms with van der Waals surface area (Å²) in [5.41, 5.74) is 0. The number of rotatable bonds is 20. The minimum absolute atomic E-state index is 0.334. The molecule has 3 nitrogen and oxygen atoms in total. The van der Waals surface area contributed by atoms with Gasteiger partial charge in [-0.25, -0.2) is 0 Å². The van der Waals surface area contributed by atoms with Gasteiger partial charge in [0.1, 0.15) is 12.6 Å². The normalized spacial score (nSPS) is 13.3. The second-order valence-corrected chi connectivity index (χ2v) is 8.81. The molecule has 26 heavy (non-hydrogen) atoms. The fourth-order valence-electron chi connectivity index (χ4n) is 3.59. The van der Waals surface area contributed by atoms with Crippen LogP contribution in [0.15, 0.2) is 0 Å². The highest BCUT2D eigenvalue weighted by molar-refractivity contribution is 4.54. The SMILES string of the molecule is CCCCCCCCCCOCC(O)C[N+](C)(C)CCCCCCCC. The standard InChI is InChI=1S/C23H50NO2/c1-5-7-9-11-13-14-16-18-20-26-22-23(25)21-24(3,4)19-17-15-12-10-8-6-2/h23,25H,5-22H2,1-4H3/q+1. The summed E-state index contributed by atoms with van der Waals surface area (Å²) in [6.07, 6.45) is 18.3. The molecule has 0 aliphatic carbocycles. The fraction of sp³-hybridized carbons (Fsp3) is 1.00. The van der Waals surface area contributed by atoms with Gasteiger partial charge in [-0.2, -0.15) is 0 Å². The first-order valence-electron chi connectivity index (χ1n) is 11.6. The van der Waals surface area contributed by atoms with Gasteiger partial charge in [0.15, 0.2) is 0 Å². The molecule has 0 rings (SSSR count). The molecule has 0 radical (unpaired) electrons. The molecular formula is C23H50NO2+. The number of aliphatic hydroxyl groups excluding tert-OH is 1. The van der Waals surface area contributed by atoms with Gasteiger partial charge in [-0.3, -0.25) is 0 Å². The Hall–Kier alpha value is -0.120. The van der Waals surface area contributed by atoms with E-state index in [2.05, 4.69) is 27.9 Å². The summed E-state index contributed by atoms with van der Waals surface area (Å²) in [6.45, 7) is 7.78. The van der Waals surface area contributed by atoms with Crippen molar-refractivity contribution in [1.29, 1.82) is 0 Å². The zero-order chi connectivity index (χ0) is 19.5. The average Bonchev–Trinajstić information content (AvgIpc) is 2.59. The third-order valence-electron chi connectivity index (χ3n) is 5.27. The predicted octanol–water partition coefficient (Wildman–Crippen LogP) is 5.94. The van der Waals surface area contributed by atoms with Crippen molar-refractivity contribution in [3.05, 3.63) is 0 Å². The fourth-order valence-corrected chi connectivity index (χ4v) is 3.59. The van der Waals surface area contributed by atoms with Crippen molar-refractivity contribution in [2.45, 2.75) is 110 Å². The number of hydrogen-bond acceptors (Lipinski definition) is 2. The second kappa shape index (κ2) is 18.3. The van der Waals surface area contributed by atoms with E-state index < -0.39 is 0 Å². The zero-order valence-electron chi connectivity index (χ0n) is 18.6. The van der Waals surface area contributed by atoms with Gasteiger partial charge in [0.25, 0.3) is 0 Å². The van der Waals surface area contributed by atoms with Crippen molar-refractivity contribution in [1.82, 2.24) is 0 Å². The third kappa shape index (κ3) is 18.7. The molecule has 0 amide bonds. The van der Waals surface area contributed by atoms with Gasteiger partial charge >= 0.3 is 0 Å². The lowest BCUT2D eigenvalue weighted by atomic mass is 10.1. The second-order valence-electron chi connectivity index (χ2n) is 8.81. The Balaban J connectivity index is 3.48. The van der Waals surface area contributed by atoms with E-state index in [1.165, 1.54) is 83.5 Å². The Kier molecular flexibility index (Phi) is 18.2. The number of unbranched alkanes of at least 4 members (excludes halogenated alkanes) is 12. The first kappa shape index (κ1) is 25.9. The Morgan fingerprint density at radius 1 is 0.692 bits per heavy atom. The van der Waals surface area contributed by atoms with Crippen LogP contribution in [0.25, 0.3) is 0 Å². The average molecular weight is 373 g/mol. The molecule has 0 heterocycles. The van der Waals surface area contributed by atoms with Crippen LogP contribution in [0.1, 0.15) is 104 Å². The maximum Gasteiger partial charge on any atom is 0.126 e. The molecule has 0 aromatic heterocycles. The molecule has 0 aliphatic rings. The van der Waals surface area contributed by atoms with Gasteiger partial charge in [0.05, 0.1) is 27.2 Å². The Morgan fingerprint density at radius 3 is 1.69 bits per heavy atom. The number of aliphatic hydroxyl groups is 1. The molecule has 0 spiro atoms. The van der Waals surface area contributed by atoms with Gasteiger partial charge in [0, 0.05) is 6.61 Å². The van der Waals surface area contributed by atoms with Crippen LogP contribution in [0, 0.1) is 0 Å². The monoisotopic (exact) mass is 372 g/mol. The molecule has 3 heteroatoms. The van der Waals surface area contributed by atoms with Gasteiger partial charge in [-0.1, -0.05) is 84.5 Å². The highest BCUT2D eigenvalue weighted by atomic mass is 16.5. The molecule has 0 saturated heterocycles. The van der Waals surface area contributed by atoms with Gasteiger partial charge in [-0.15, -0.1) is 0 Å². The van der Waals surface area contributed by atoms with Crippen LogP contribution in [0.3, 0.4) is 0 Å². The van der Waals surface area contributed by atoms with Crippen LogP contribution in [0.5, 0.6) is 0 Å². The topological polar surface area (TPSA) is 29.5 Å². The molecular weight excluding hydrogens is 322 g/mol. The number of ether oxygens (including phenoxy) is 1. The van der Waals surface area contributed by atoms with Gasteiger partial charge in [0.2, 0.25) is 0 Å². The van der Waals surface area contributed by atoms with Crippen LogP contribution < -0.4 is 0 Å². The molecule has 0 saturated carbocycles. The minimum Gasteiger partial charge on any atom is -0.385 e. The van der Waals surface area contributed by atoms with Crippen molar-refractivity contribution in [2.75, 3.05) is 40.4 Å². The van der Waals surface area contributed by atoms with Gasteiger partial charge < -0.3 is 14.3 Å². The van der Waals surface area contributed by atoms with Crippen molar-refractivity contribution in [3.8, 4) is 0 Å². The van der Waals surface area contributed by atoms with E-state index in [0.717, 1.165) is 30.6 Å². The number of likely N-dealkylation sites (N-methyl/N-ethyl adjacent to an activating group) is 1. The molecule has 1 unspecified atom stereocenters. The highest BCUT2D eigenvalue weighted by Crippen LogP contribution is 2.10. The summed E-state index contributed by atoms with van der Waals surface area (Å²) in [6, 6.07) is 0. The molecule has 0 bridgehead atoms. The van der Waals surface area contributed by atoms with E-state index in [-0.39, 0.29) is 6.10 Å². The minimum atomic E-state index is -0.334. The van der Waals surface area contributed by atoms with Crippen LogP contribution >= 0.6 is 0 Å². The molecule has 0 aliphatic heterocycles. The predicted molar refractivity (Wildman–Crippen MR) is 115 cm³/mol. The number of quaternary nitrogens is 1. The summed E-state index contributed by atoms with van der Waals surface area (Å²) in [4.78, 5) is 0. The maximum absolute atomic E-state index is 10.2. The number of nitrogens with zero attached hydrogens (tertiary/aromatic N) is 1. The summed E-state index contributed by atoms with van der Waals surface area (Å²) in [7, 11) is 4.46. The van der Waals surface area contributed by atoms with Crippen molar-refractivity contribution in [2.24, 2.45) is 0 Å². The Morgan fingerprint density at radius 2 is 1.15 bits per heavy atom. The zero-order valence-corrected chi connectivity index (χ0v) is 18.6. The smallest absolute Gasteiger partial charge is 0.126 e. The Labute approximate surface area is 165 Å². The van der Waals surface area contributed by atoms with Crippen LogP contribution in [-0.2, 0) is 4.74 Å². The lowest BCUT2D eigenvalue weighted by Crippen LogP contribution is -2.47. The van der Waals surface area contributed by atoms with Crippen LogP contribution in [0.4, 0.5) is 0 Å². The lowest BCUT2D eigenvalue weighted by Gasteiger charge is -2.32. The summed E-state index contributed by atoms with van der Waals surface area (Å²) in [5.74, 6) is 0. The van der Waals surface area contributed by atoms with Crippen molar-refractivity contribution in [3.63, 3.8) is 0 Å². The van der Waals surface area contributed by atoms with Gasteiger partial charge in [-0.05, 0) is 19.3 Å². The van der Waals surface area contributed by atoms with E-state index in [9.17, 15) is 5.11 Å². The van der Waals surface area contributed by atoms with Crippen molar-refractivity contribution >= 4 is 0 Å². The third-order valence-corrected chi connectivity index (χ3v) is 5.27. The molecule has 1 atom stereocenters. The number of hydrogen-bond donors (Lipinski definition) is 1. The first-order valence-corrected chi connectivity index (χ1v) is 11.6. The lowest BCUT2D eigenvalue weighted by molar-refractivity contribution is -0.893. The molecule has 1 N–H and O–H groups in total. The van der Waals surface area contributed by atoms with E-state index in [0.29, 0.717) is 6.61 Å².